The van der Waals surface area contributed by atoms with Gasteiger partial charge >= 0.3 is 0 Å². The number of nitrogens with zero attached hydrogens (tertiary/aromatic N) is 1. The zero-order valence-electron chi connectivity index (χ0n) is 11.3. The van der Waals surface area contributed by atoms with Gasteiger partial charge in [0.15, 0.2) is 5.17 Å². The Morgan fingerprint density at radius 2 is 2.33 bits per heavy atom. The number of hydrogen-bond acceptors (Lipinski definition) is 5. The minimum absolute atomic E-state index is 0.107. The van der Waals surface area contributed by atoms with E-state index in [1.54, 1.807) is 17.8 Å². The highest BCUT2D eigenvalue weighted by Gasteiger charge is 2.16. The van der Waals surface area contributed by atoms with E-state index < -0.39 is 5.91 Å². The Hall–Kier alpha value is -1.73. The lowest BCUT2D eigenvalue weighted by Crippen LogP contribution is -2.31. The topological polar surface area (TPSA) is 74.3 Å². The number of aliphatic imine (C=N–C) groups is 1. The number of pyridine rings is 1. The maximum atomic E-state index is 12.5. The standard InChI is InChI=1S/C14H13N3O2S2/c1-20-8-2-3-11-9(6-8)12(18)10(7-16-11)13(19)17-14-15-4-5-21-14/h2-3,6-7H,4-5H2,1H3,(H,16,18)(H,15,17,19). The van der Waals surface area contributed by atoms with Crippen LogP contribution in [0.3, 0.4) is 0 Å². The number of amides is 1. The van der Waals surface area contributed by atoms with Crippen LogP contribution in [0.25, 0.3) is 10.9 Å². The number of nitrogens with one attached hydrogen (secondary N) is 2. The van der Waals surface area contributed by atoms with Crippen molar-refractivity contribution < 1.29 is 4.79 Å². The van der Waals surface area contributed by atoms with E-state index in [-0.39, 0.29) is 11.0 Å². The van der Waals surface area contributed by atoms with Crippen LogP contribution < -0.4 is 10.7 Å². The maximum absolute atomic E-state index is 12.5. The number of carbonyl (C=O) groups excluding carboxylic acids is 1. The number of benzene rings is 1. The molecule has 0 fully saturated rings. The minimum Gasteiger partial charge on any atom is -0.360 e. The van der Waals surface area contributed by atoms with Crippen LogP contribution in [0, 0.1) is 0 Å². The summed E-state index contributed by atoms with van der Waals surface area (Å²) in [6.07, 6.45) is 3.40. The Labute approximate surface area is 129 Å². The molecular formula is C14H13N3O2S2. The van der Waals surface area contributed by atoms with Crippen molar-refractivity contribution in [2.24, 2.45) is 4.99 Å². The second kappa shape index (κ2) is 5.95. The van der Waals surface area contributed by atoms with Gasteiger partial charge in [0, 0.05) is 27.7 Å². The average Bonchev–Trinajstić information content (AvgIpc) is 3.00. The van der Waals surface area contributed by atoms with Crippen molar-refractivity contribution in [1.82, 2.24) is 10.3 Å². The maximum Gasteiger partial charge on any atom is 0.262 e. The normalized spacial score (nSPS) is 14.2. The fourth-order valence-electron chi connectivity index (χ4n) is 2.07. The molecule has 1 amide bonds. The number of aromatic nitrogens is 1. The van der Waals surface area contributed by atoms with Gasteiger partial charge in [-0.15, -0.1) is 11.8 Å². The van der Waals surface area contributed by atoms with Gasteiger partial charge in [-0.1, -0.05) is 11.8 Å². The van der Waals surface area contributed by atoms with Crippen LogP contribution >= 0.6 is 23.5 Å². The Morgan fingerprint density at radius 1 is 1.48 bits per heavy atom. The molecule has 0 saturated heterocycles. The van der Waals surface area contributed by atoms with Crippen molar-refractivity contribution in [2.45, 2.75) is 4.90 Å². The number of aromatic amines is 1. The van der Waals surface area contributed by atoms with Crippen LogP contribution in [0.5, 0.6) is 0 Å². The zero-order chi connectivity index (χ0) is 14.8. The van der Waals surface area contributed by atoms with Crippen LogP contribution in [-0.2, 0) is 0 Å². The quantitative estimate of drug-likeness (QED) is 0.831. The summed E-state index contributed by atoms with van der Waals surface area (Å²) in [7, 11) is 0. The van der Waals surface area contributed by atoms with E-state index in [9.17, 15) is 9.59 Å². The highest BCUT2D eigenvalue weighted by molar-refractivity contribution is 8.14. The molecule has 0 radical (unpaired) electrons. The van der Waals surface area contributed by atoms with E-state index in [4.69, 9.17) is 0 Å². The van der Waals surface area contributed by atoms with Crippen LogP contribution in [0.1, 0.15) is 10.4 Å². The molecule has 2 aromatic rings. The van der Waals surface area contributed by atoms with Gasteiger partial charge in [-0.3, -0.25) is 14.6 Å². The first-order chi connectivity index (χ1) is 10.2. The molecule has 2 N–H and O–H groups in total. The molecule has 5 nitrogen and oxygen atoms in total. The monoisotopic (exact) mass is 319 g/mol. The zero-order valence-corrected chi connectivity index (χ0v) is 12.9. The lowest BCUT2D eigenvalue weighted by molar-refractivity contribution is 0.0977. The second-order valence-electron chi connectivity index (χ2n) is 4.43. The van der Waals surface area contributed by atoms with Crippen molar-refractivity contribution in [2.75, 3.05) is 18.6 Å². The van der Waals surface area contributed by atoms with Gasteiger partial charge < -0.3 is 10.3 Å². The van der Waals surface area contributed by atoms with Crippen molar-refractivity contribution in [3.63, 3.8) is 0 Å². The van der Waals surface area contributed by atoms with E-state index >= 15 is 0 Å². The van der Waals surface area contributed by atoms with Crippen LogP contribution in [0.4, 0.5) is 0 Å². The molecule has 0 saturated carbocycles. The highest BCUT2D eigenvalue weighted by Crippen LogP contribution is 2.19. The van der Waals surface area contributed by atoms with Gasteiger partial charge in [0.1, 0.15) is 5.56 Å². The summed E-state index contributed by atoms with van der Waals surface area (Å²) in [4.78, 5) is 32.8. The molecule has 0 atom stereocenters. The summed E-state index contributed by atoms with van der Waals surface area (Å²) in [6.45, 7) is 0.700. The SMILES string of the molecule is CSc1ccc2[nH]cc(C(=O)NC3=NCCS3)c(=O)c2c1. The predicted molar refractivity (Wildman–Crippen MR) is 88.6 cm³/mol. The molecule has 1 aromatic carbocycles. The molecule has 1 aromatic heterocycles. The first kappa shape index (κ1) is 14.2. The van der Waals surface area contributed by atoms with Crippen molar-refractivity contribution in [1.29, 1.82) is 0 Å². The first-order valence-electron chi connectivity index (χ1n) is 6.37. The predicted octanol–water partition coefficient (Wildman–Crippen LogP) is 2.08. The lowest BCUT2D eigenvalue weighted by atomic mass is 10.1. The average molecular weight is 319 g/mol. The number of amidine groups is 1. The molecule has 3 rings (SSSR count). The molecule has 21 heavy (non-hydrogen) atoms. The highest BCUT2D eigenvalue weighted by atomic mass is 32.2. The summed E-state index contributed by atoms with van der Waals surface area (Å²) in [6, 6.07) is 5.59. The summed E-state index contributed by atoms with van der Waals surface area (Å²) >= 11 is 3.04. The third-order valence-electron chi connectivity index (χ3n) is 3.14. The van der Waals surface area contributed by atoms with Crippen LogP contribution in [0.2, 0.25) is 0 Å². The summed E-state index contributed by atoms with van der Waals surface area (Å²) in [5.41, 5.74) is 0.568. The number of fused-ring (bicyclic) bond motifs is 1. The van der Waals surface area contributed by atoms with Crippen molar-refractivity contribution in [3.05, 3.63) is 40.2 Å². The molecule has 0 unspecified atom stereocenters. The van der Waals surface area contributed by atoms with Crippen molar-refractivity contribution >= 4 is 45.5 Å². The summed E-state index contributed by atoms with van der Waals surface area (Å²) in [5, 5.41) is 3.78. The Balaban J connectivity index is 2.00. The molecular weight excluding hydrogens is 306 g/mol. The van der Waals surface area contributed by atoms with E-state index in [0.29, 0.717) is 17.1 Å². The van der Waals surface area contributed by atoms with E-state index in [2.05, 4.69) is 15.3 Å². The fourth-order valence-corrected chi connectivity index (χ4v) is 3.23. The number of thioether (sulfide) groups is 2. The molecule has 2 heterocycles. The summed E-state index contributed by atoms with van der Waals surface area (Å²) < 4.78 is 0. The molecule has 1 aliphatic rings. The van der Waals surface area contributed by atoms with Gasteiger partial charge in [-0.2, -0.15) is 0 Å². The molecule has 7 heteroatoms. The van der Waals surface area contributed by atoms with Gasteiger partial charge in [0.05, 0.1) is 6.54 Å². The Bertz CT molecular complexity index is 798. The van der Waals surface area contributed by atoms with E-state index in [0.717, 1.165) is 16.2 Å². The van der Waals surface area contributed by atoms with E-state index in [1.807, 2.05) is 18.4 Å². The number of H-pyrrole nitrogens is 1. The molecule has 0 bridgehead atoms. The first-order valence-corrected chi connectivity index (χ1v) is 8.58. The fraction of sp³-hybridized carbons (Fsp3) is 0.214. The number of rotatable bonds is 2. The van der Waals surface area contributed by atoms with Gasteiger partial charge in [-0.05, 0) is 24.5 Å². The third kappa shape index (κ3) is 2.84. The summed E-state index contributed by atoms with van der Waals surface area (Å²) in [5.74, 6) is 0.446. The van der Waals surface area contributed by atoms with Gasteiger partial charge in [0.25, 0.3) is 5.91 Å². The molecule has 1 aliphatic heterocycles. The molecule has 108 valence electrons. The lowest BCUT2D eigenvalue weighted by Gasteiger charge is -2.06. The smallest absolute Gasteiger partial charge is 0.262 e. The van der Waals surface area contributed by atoms with Gasteiger partial charge in [-0.25, -0.2) is 0 Å². The van der Waals surface area contributed by atoms with E-state index in [1.165, 1.54) is 18.0 Å². The molecule has 0 aliphatic carbocycles. The minimum atomic E-state index is -0.416. The van der Waals surface area contributed by atoms with Crippen LogP contribution in [0.15, 0.2) is 39.1 Å². The number of carbonyl (C=O) groups is 1. The van der Waals surface area contributed by atoms with Crippen molar-refractivity contribution in [3.8, 4) is 0 Å². The van der Waals surface area contributed by atoms with Crippen LogP contribution in [-0.4, -0.2) is 34.6 Å². The second-order valence-corrected chi connectivity index (χ2v) is 6.40. The Kier molecular flexibility index (Phi) is 4.03. The molecule has 0 spiro atoms. The largest absolute Gasteiger partial charge is 0.360 e. The van der Waals surface area contributed by atoms with Gasteiger partial charge in [0.2, 0.25) is 5.43 Å². The Morgan fingerprint density at radius 3 is 3.05 bits per heavy atom. The third-order valence-corrected chi connectivity index (χ3v) is 4.76. The number of hydrogen-bond donors (Lipinski definition) is 2.